The van der Waals surface area contributed by atoms with Gasteiger partial charge in [0.2, 0.25) is 5.88 Å². The third-order valence-corrected chi connectivity index (χ3v) is 9.01. The Morgan fingerprint density at radius 2 is 1.93 bits per heavy atom. The number of halogens is 1. The maximum atomic E-state index is 13.6. The molecule has 1 aliphatic carbocycles. The molecule has 1 aromatic carbocycles. The molecule has 7 nitrogen and oxygen atoms in total. The Kier molecular flexibility index (Phi) is 7.70. The molecule has 3 atom stereocenters. The maximum Gasteiger partial charge on any atom is 0.218 e. The van der Waals surface area contributed by atoms with Crippen LogP contribution in [-0.2, 0) is 12.8 Å². The summed E-state index contributed by atoms with van der Waals surface area (Å²) in [5, 5.41) is 21.7. The standard InChI is InChI=1S/C32H38FN5O2S/c1-31(2,3)15-21-13-24-26(16-32(10-4-11-32)40-29(24)35-17-21)34-18-27(39)25(14-20-5-7-22(33)8-6-20)38-28-23-9-12-41-30(23)37-19-36-28/h5-9,12-13,17,19,25-27,34,39H,4,10-11,14-16,18H2,1-3H3,(H,36,37,38)/t25-,26+,27+/m0/s1. The van der Waals surface area contributed by atoms with Gasteiger partial charge in [0, 0.05) is 30.8 Å². The number of aliphatic hydroxyl groups is 1. The van der Waals surface area contributed by atoms with Crippen molar-refractivity contribution >= 4 is 27.4 Å². The highest BCUT2D eigenvalue weighted by Crippen LogP contribution is 2.48. The van der Waals surface area contributed by atoms with Gasteiger partial charge in [-0.25, -0.2) is 19.3 Å². The van der Waals surface area contributed by atoms with Crippen LogP contribution in [0.15, 0.2) is 54.3 Å². The molecule has 3 aromatic heterocycles. The fraction of sp³-hybridized carbons (Fsp3) is 0.469. The molecule has 6 rings (SSSR count). The molecule has 0 radical (unpaired) electrons. The highest BCUT2D eigenvalue weighted by molar-refractivity contribution is 7.16. The van der Waals surface area contributed by atoms with Gasteiger partial charge in [-0.1, -0.05) is 32.9 Å². The zero-order chi connectivity index (χ0) is 28.6. The summed E-state index contributed by atoms with van der Waals surface area (Å²) in [7, 11) is 0. The summed E-state index contributed by atoms with van der Waals surface area (Å²) in [5.41, 5.74) is 3.16. The second-order valence-electron chi connectivity index (χ2n) is 12.8. The first kappa shape index (κ1) is 28.0. The highest BCUT2D eigenvalue weighted by atomic mass is 32.1. The van der Waals surface area contributed by atoms with Gasteiger partial charge in [-0.05, 0) is 78.3 Å². The van der Waals surface area contributed by atoms with Gasteiger partial charge < -0.3 is 20.5 Å². The van der Waals surface area contributed by atoms with E-state index in [4.69, 9.17) is 9.72 Å². The Morgan fingerprint density at radius 3 is 2.66 bits per heavy atom. The first-order valence-corrected chi connectivity index (χ1v) is 15.3. The van der Waals surface area contributed by atoms with Gasteiger partial charge in [0.25, 0.3) is 0 Å². The molecule has 0 unspecified atom stereocenters. The van der Waals surface area contributed by atoms with Crippen molar-refractivity contribution in [1.82, 2.24) is 20.3 Å². The predicted octanol–water partition coefficient (Wildman–Crippen LogP) is 6.23. The summed E-state index contributed by atoms with van der Waals surface area (Å²) in [6, 6.07) is 10.3. The zero-order valence-electron chi connectivity index (χ0n) is 23.9. The number of fused-ring (bicyclic) bond motifs is 2. The Balaban J connectivity index is 1.23. The summed E-state index contributed by atoms with van der Waals surface area (Å²) < 4.78 is 20.1. The quantitative estimate of drug-likeness (QED) is 0.218. The number of hydrogen-bond donors (Lipinski definition) is 3. The van der Waals surface area contributed by atoms with Crippen LogP contribution in [0.2, 0.25) is 0 Å². The van der Waals surface area contributed by atoms with E-state index in [1.807, 2.05) is 17.6 Å². The Hall–Kier alpha value is -3.14. The van der Waals surface area contributed by atoms with Crippen molar-refractivity contribution in [3.63, 3.8) is 0 Å². The monoisotopic (exact) mass is 575 g/mol. The van der Waals surface area contributed by atoms with Crippen LogP contribution in [0.25, 0.3) is 10.2 Å². The van der Waals surface area contributed by atoms with Crippen LogP contribution in [0, 0.1) is 11.2 Å². The number of rotatable bonds is 9. The molecule has 2 aliphatic rings. The van der Waals surface area contributed by atoms with Crippen molar-refractivity contribution in [3.8, 4) is 5.88 Å². The first-order chi connectivity index (χ1) is 19.7. The number of nitrogens with one attached hydrogen (secondary N) is 2. The fourth-order valence-corrected chi connectivity index (χ4v) is 6.72. The largest absolute Gasteiger partial charge is 0.471 e. The van der Waals surface area contributed by atoms with Crippen molar-refractivity contribution < 1.29 is 14.2 Å². The molecule has 0 amide bonds. The molecule has 4 aromatic rings. The number of pyridine rings is 1. The zero-order valence-corrected chi connectivity index (χ0v) is 24.7. The lowest BCUT2D eigenvalue weighted by Crippen LogP contribution is -2.51. The Bertz CT molecular complexity index is 1500. The Morgan fingerprint density at radius 1 is 1.12 bits per heavy atom. The normalized spacial score (nSPS) is 19.3. The van der Waals surface area contributed by atoms with Gasteiger partial charge >= 0.3 is 0 Å². The van der Waals surface area contributed by atoms with Crippen LogP contribution in [0.3, 0.4) is 0 Å². The molecule has 3 N–H and O–H groups in total. The molecule has 1 aliphatic heterocycles. The SMILES string of the molecule is CC(C)(C)Cc1cnc2c(c1)[C@H](NC[C@@H](O)[C@H](Cc1ccc(F)cc1)Nc1ncnc3sccc13)CC1(CCC1)O2. The van der Waals surface area contributed by atoms with E-state index in [1.165, 1.54) is 17.7 Å². The lowest BCUT2D eigenvalue weighted by atomic mass is 9.73. The van der Waals surface area contributed by atoms with E-state index < -0.39 is 6.10 Å². The predicted molar refractivity (Wildman–Crippen MR) is 161 cm³/mol. The van der Waals surface area contributed by atoms with Gasteiger partial charge in [0.15, 0.2) is 0 Å². The van der Waals surface area contributed by atoms with Gasteiger partial charge in [0.1, 0.15) is 28.4 Å². The number of thiophene rings is 1. The van der Waals surface area contributed by atoms with Crippen molar-refractivity contribution in [3.05, 3.63) is 76.8 Å². The molecular formula is C32H38FN5O2S. The number of nitrogens with zero attached hydrogens (tertiary/aromatic N) is 3. The second kappa shape index (κ2) is 11.3. The smallest absolute Gasteiger partial charge is 0.218 e. The topological polar surface area (TPSA) is 92.2 Å². The highest BCUT2D eigenvalue weighted by Gasteiger charge is 2.46. The minimum absolute atomic E-state index is 0.0234. The number of hydrogen-bond acceptors (Lipinski definition) is 8. The number of aliphatic hydroxyl groups excluding tert-OH is 1. The summed E-state index contributed by atoms with van der Waals surface area (Å²) in [5.74, 6) is 1.12. The van der Waals surface area contributed by atoms with Crippen molar-refractivity contribution in [2.24, 2.45) is 5.41 Å². The second-order valence-corrected chi connectivity index (χ2v) is 13.7. The maximum absolute atomic E-state index is 13.6. The molecule has 216 valence electrons. The van der Waals surface area contributed by atoms with Gasteiger partial charge in [-0.2, -0.15) is 0 Å². The third kappa shape index (κ3) is 6.37. The van der Waals surface area contributed by atoms with Crippen molar-refractivity contribution in [2.75, 3.05) is 11.9 Å². The van der Waals surface area contributed by atoms with Gasteiger partial charge in [-0.3, -0.25) is 0 Å². The molecule has 41 heavy (non-hydrogen) atoms. The van der Waals surface area contributed by atoms with Gasteiger partial charge in [-0.15, -0.1) is 11.3 Å². The van der Waals surface area contributed by atoms with Crippen LogP contribution in [0.4, 0.5) is 10.2 Å². The fourth-order valence-electron chi connectivity index (χ4n) is 5.99. The van der Waals surface area contributed by atoms with E-state index in [2.05, 4.69) is 47.4 Å². The summed E-state index contributed by atoms with van der Waals surface area (Å²) in [6.07, 6.45) is 8.23. The lowest BCUT2D eigenvalue weighted by Gasteiger charge is -2.47. The molecular weight excluding hydrogens is 537 g/mol. The molecule has 4 heterocycles. The number of benzene rings is 1. The molecule has 9 heteroatoms. The number of anilines is 1. The van der Waals surface area contributed by atoms with Crippen LogP contribution >= 0.6 is 11.3 Å². The lowest BCUT2D eigenvalue weighted by molar-refractivity contribution is -0.0419. The minimum atomic E-state index is -0.752. The number of ether oxygens (including phenoxy) is 1. The van der Waals surface area contributed by atoms with E-state index in [0.717, 1.165) is 53.4 Å². The summed E-state index contributed by atoms with van der Waals surface area (Å²) in [4.78, 5) is 14.5. The average Bonchev–Trinajstić information content (AvgIpc) is 3.40. The van der Waals surface area contributed by atoms with Crippen LogP contribution in [0.1, 0.15) is 69.2 Å². The molecule has 0 saturated heterocycles. The van der Waals surface area contributed by atoms with E-state index in [9.17, 15) is 9.50 Å². The minimum Gasteiger partial charge on any atom is -0.471 e. The molecule has 1 fully saturated rings. The van der Waals surface area contributed by atoms with Crippen molar-refractivity contribution in [2.45, 2.75) is 83.1 Å². The van der Waals surface area contributed by atoms with E-state index in [0.29, 0.717) is 24.7 Å². The Labute approximate surface area is 244 Å². The van der Waals surface area contributed by atoms with Gasteiger partial charge in [0.05, 0.1) is 17.5 Å². The van der Waals surface area contributed by atoms with E-state index >= 15 is 0 Å². The summed E-state index contributed by atoms with van der Waals surface area (Å²) in [6.45, 7) is 7.05. The number of aromatic nitrogens is 3. The van der Waals surface area contributed by atoms with Crippen LogP contribution in [-0.4, -0.2) is 44.4 Å². The molecule has 1 saturated carbocycles. The van der Waals surface area contributed by atoms with E-state index in [-0.39, 0.29) is 28.9 Å². The summed E-state index contributed by atoms with van der Waals surface area (Å²) >= 11 is 1.55. The van der Waals surface area contributed by atoms with Crippen molar-refractivity contribution in [1.29, 1.82) is 0 Å². The van der Waals surface area contributed by atoms with E-state index in [1.54, 1.807) is 29.8 Å². The molecule has 1 spiro atoms. The van der Waals surface area contributed by atoms with Crippen LogP contribution < -0.4 is 15.4 Å². The average molecular weight is 576 g/mol. The molecule has 0 bridgehead atoms. The first-order valence-electron chi connectivity index (χ1n) is 14.4. The van der Waals surface area contributed by atoms with Crippen LogP contribution in [0.5, 0.6) is 5.88 Å². The third-order valence-electron chi connectivity index (χ3n) is 8.19.